The fraction of sp³-hybridized carbons (Fsp3) is 0.839. The molecule has 4 aliphatic rings. The second kappa shape index (κ2) is 8.72. The number of fused-ring (bicyclic) bond motifs is 4. The van der Waals surface area contributed by atoms with E-state index >= 15 is 0 Å². The Balaban J connectivity index is 1.71. The van der Waals surface area contributed by atoms with E-state index < -0.39 is 18.0 Å². The van der Waals surface area contributed by atoms with Gasteiger partial charge in [0.25, 0.3) is 0 Å². The van der Waals surface area contributed by atoms with Crippen molar-refractivity contribution in [2.24, 2.45) is 45.3 Å². The van der Waals surface area contributed by atoms with Crippen LogP contribution in [0.1, 0.15) is 106 Å². The van der Waals surface area contributed by atoms with E-state index in [4.69, 9.17) is 0 Å². The van der Waals surface area contributed by atoms with E-state index in [0.717, 1.165) is 44.1 Å². The molecule has 0 spiro atoms. The number of carboxylic acids is 1. The lowest BCUT2D eigenvalue weighted by molar-refractivity contribution is -0.149. The van der Waals surface area contributed by atoms with Crippen molar-refractivity contribution in [2.75, 3.05) is 0 Å². The zero-order chi connectivity index (χ0) is 26.1. The van der Waals surface area contributed by atoms with Crippen LogP contribution in [-0.2, 0) is 4.79 Å². The first kappa shape index (κ1) is 26.9. The van der Waals surface area contributed by atoms with E-state index in [1.807, 2.05) is 0 Å². The van der Waals surface area contributed by atoms with Gasteiger partial charge in [-0.05, 0) is 91.3 Å². The molecule has 4 nitrogen and oxygen atoms in total. The number of allylic oxidation sites excluding steroid dienone is 3. The molecule has 0 bridgehead atoms. The molecule has 0 radical (unpaired) electrons. The van der Waals surface area contributed by atoms with Gasteiger partial charge >= 0.3 is 5.97 Å². The molecule has 0 aromatic heterocycles. The average Bonchev–Trinajstić information content (AvgIpc) is 2.97. The molecule has 3 N–H and O–H groups in total. The Morgan fingerprint density at radius 2 is 1.69 bits per heavy atom. The molecule has 0 aromatic carbocycles. The monoisotopic (exact) mass is 486 g/mol. The Morgan fingerprint density at radius 3 is 2.29 bits per heavy atom. The van der Waals surface area contributed by atoms with Gasteiger partial charge in [0.2, 0.25) is 0 Å². The topological polar surface area (TPSA) is 77.8 Å². The van der Waals surface area contributed by atoms with Crippen molar-refractivity contribution in [3.8, 4) is 0 Å². The first-order valence-electron chi connectivity index (χ1n) is 14.1. The van der Waals surface area contributed by atoms with E-state index in [2.05, 4.69) is 55.0 Å². The third-order valence-corrected chi connectivity index (χ3v) is 12.1. The summed E-state index contributed by atoms with van der Waals surface area (Å²) < 4.78 is 0. The van der Waals surface area contributed by atoms with Gasteiger partial charge in [0.15, 0.2) is 0 Å². The summed E-state index contributed by atoms with van der Waals surface area (Å²) >= 11 is 0. The summed E-state index contributed by atoms with van der Waals surface area (Å²) in [6, 6.07) is 0. The zero-order valence-corrected chi connectivity index (χ0v) is 23.3. The maximum Gasteiger partial charge on any atom is 0.306 e. The van der Waals surface area contributed by atoms with E-state index in [1.54, 1.807) is 5.57 Å². The van der Waals surface area contributed by atoms with E-state index in [1.165, 1.54) is 5.57 Å². The van der Waals surface area contributed by atoms with Crippen molar-refractivity contribution in [3.05, 3.63) is 23.3 Å². The minimum Gasteiger partial charge on any atom is -0.481 e. The van der Waals surface area contributed by atoms with Crippen LogP contribution in [0.25, 0.3) is 0 Å². The van der Waals surface area contributed by atoms with E-state index in [0.29, 0.717) is 31.1 Å². The van der Waals surface area contributed by atoms with Crippen LogP contribution in [0, 0.1) is 45.3 Å². The third kappa shape index (κ3) is 3.79. The predicted molar refractivity (Wildman–Crippen MR) is 141 cm³/mol. The summed E-state index contributed by atoms with van der Waals surface area (Å²) in [5, 5.41) is 32.7. The van der Waals surface area contributed by atoms with Gasteiger partial charge < -0.3 is 15.3 Å². The van der Waals surface area contributed by atoms with Gasteiger partial charge in [-0.25, -0.2) is 0 Å². The fourth-order valence-corrected chi connectivity index (χ4v) is 9.58. The van der Waals surface area contributed by atoms with E-state index in [9.17, 15) is 20.1 Å². The van der Waals surface area contributed by atoms with Crippen LogP contribution in [0.4, 0.5) is 0 Å². The molecule has 3 unspecified atom stereocenters. The van der Waals surface area contributed by atoms with Gasteiger partial charge in [-0.1, -0.05) is 71.8 Å². The maximum absolute atomic E-state index is 12.6. The van der Waals surface area contributed by atoms with Crippen molar-refractivity contribution in [1.82, 2.24) is 0 Å². The van der Waals surface area contributed by atoms with Crippen LogP contribution < -0.4 is 0 Å². The lowest BCUT2D eigenvalue weighted by Crippen LogP contribution is -2.55. The number of rotatable bonds is 6. The molecular weight excluding hydrogens is 436 g/mol. The standard InChI is InChI=1S/C31H50O4/c1-18(2)19(3)9-10-20(27(34)35)26-23(32)17-31(8)22-11-12-24-28(4,5)25(33)14-15-29(24,6)21(22)13-16-30(26,31)7/h18,20,23-26,32-33H,3,9-17H2,1-2,4-8H3,(H,34,35)/t20?,23-,24?,25?,26+,29-,30-,31+/m1/s1. The van der Waals surface area contributed by atoms with Gasteiger partial charge in [0.05, 0.1) is 18.1 Å². The third-order valence-electron chi connectivity index (χ3n) is 12.1. The smallest absolute Gasteiger partial charge is 0.306 e. The van der Waals surface area contributed by atoms with Gasteiger partial charge in [0.1, 0.15) is 0 Å². The van der Waals surface area contributed by atoms with Gasteiger partial charge in [-0.3, -0.25) is 4.79 Å². The van der Waals surface area contributed by atoms with Crippen molar-refractivity contribution in [3.63, 3.8) is 0 Å². The SMILES string of the molecule is C=C(CCC(C(=O)O)[C@H]1[C@H](O)C[C@@]2(C)C3=C(CC[C@]12C)[C@@]1(C)CCC(O)C(C)(C)C1CC3)C(C)C. The van der Waals surface area contributed by atoms with Crippen molar-refractivity contribution in [2.45, 2.75) is 118 Å². The highest BCUT2D eigenvalue weighted by atomic mass is 16.4. The number of aliphatic carboxylic acids is 1. The molecule has 4 heteroatoms. The highest BCUT2D eigenvalue weighted by molar-refractivity contribution is 5.71. The number of carbonyl (C=O) groups is 1. The molecule has 0 aliphatic heterocycles. The van der Waals surface area contributed by atoms with Crippen LogP contribution in [0.3, 0.4) is 0 Å². The van der Waals surface area contributed by atoms with Crippen LogP contribution in [0.15, 0.2) is 23.3 Å². The minimum atomic E-state index is -0.769. The molecule has 0 heterocycles. The highest BCUT2D eigenvalue weighted by Crippen LogP contribution is 2.72. The predicted octanol–water partition coefficient (Wildman–Crippen LogP) is 6.76. The highest BCUT2D eigenvalue weighted by Gasteiger charge is 2.66. The largest absolute Gasteiger partial charge is 0.481 e. The molecule has 0 aromatic rings. The molecule has 2 fully saturated rings. The van der Waals surface area contributed by atoms with Crippen LogP contribution in [-0.4, -0.2) is 33.5 Å². The first-order valence-corrected chi connectivity index (χ1v) is 14.1. The lowest BCUT2D eigenvalue weighted by Gasteiger charge is -2.62. The summed E-state index contributed by atoms with van der Waals surface area (Å²) in [6.45, 7) is 20.0. The van der Waals surface area contributed by atoms with Crippen LogP contribution in [0.5, 0.6) is 0 Å². The number of hydrogen-bond donors (Lipinski definition) is 3. The molecule has 8 atom stereocenters. The first-order chi connectivity index (χ1) is 16.1. The molecule has 0 saturated heterocycles. The van der Waals surface area contributed by atoms with Crippen LogP contribution >= 0.6 is 0 Å². The Kier molecular flexibility index (Phi) is 6.71. The van der Waals surface area contributed by atoms with Crippen molar-refractivity contribution >= 4 is 5.97 Å². The van der Waals surface area contributed by atoms with Crippen LogP contribution in [0.2, 0.25) is 0 Å². The Labute approximate surface area is 213 Å². The lowest BCUT2D eigenvalue weighted by atomic mass is 9.43. The molecule has 4 aliphatic carbocycles. The zero-order valence-electron chi connectivity index (χ0n) is 23.3. The van der Waals surface area contributed by atoms with Gasteiger partial charge in [0, 0.05) is 5.92 Å². The molecule has 4 rings (SSSR count). The Morgan fingerprint density at radius 1 is 1.03 bits per heavy atom. The van der Waals surface area contributed by atoms with E-state index in [-0.39, 0.29) is 33.7 Å². The second-order valence-electron chi connectivity index (χ2n) is 14.2. The molecular formula is C31H50O4. The summed E-state index contributed by atoms with van der Waals surface area (Å²) in [4.78, 5) is 12.6. The fourth-order valence-electron chi connectivity index (χ4n) is 9.58. The number of hydrogen-bond acceptors (Lipinski definition) is 3. The molecule has 198 valence electrons. The number of aliphatic hydroxyl groups is 2. The molecule has 0 amide bonds. The second-order valence-corrected chi connectivity index (χ2v) is 14.2. The summed E-state index contributed by atoms with van der Waals surface area (Å²) in [5.74, 6) is -0.759. The summed E-state index contributed by atoms with van der Waals surface area (Å²) in [5.41, 5.74) is 3.78. The Hall–Kier alpha value is -1.13. The molecule has 35 heavy (non-hydrogen) atoms. The minimum absolute atomic E-state index is 0.0882. The number of aliphatic hydroxyl groups excluding tert-OH is 2. The quantitative estimate of drug-likeness (QED) is 0.362. The normalized spacial score (nSPS) is 43.4. The summed E-state index contributed by atoms with van der Waals surface area (Å²) in [6.07, 6.45) is 6.95. The summed E-state index contributed by atoms with van der Waals surface area (Å²) in [7, 11) is 0. The number of carboxylic acid groups (broad SMARTS) is 1. The average molecular weight is 487 g/mol. The Bertz CT molecular complexity index is 915. The van der Waals surface area contributed by atoms with Gasteiger partial charge in [-0.15, -0.1) is 0 Å². The maximum atomic E-state index is 12.6. The molecule has 2 saturated carbocycles. The van der Waals surface area contributed by atoms with Gasteiger partial charge in [-0.2, -0.15) is 0 Å². The van der Waals surface area contributed by atoms with Crippen molar-refractivity contribution < 1.29 is 20.1 Å². The van der Waals surface area contributed by atoms with Crippen molar-refractivity contribution in [1.29, 1.82) is 0 Å².